The Balaban J connectivity index is 3.42. The smallest absolute Gasteiger partial charge is 0.338 e. The molecule has 0 spiro atoms. The molecule has 0 aliphatic rings. The minimum absolute atomic E-state index is 0.0792. The highest BCUT2D eigenvalue weighted by Crippen LogP contribution is 2.32. The first kappa shape index (κ1) is 21.8. The van der Waals surface area contributed by atoms with E-state index < -0.39 is 28.4 Å². The fraction of sp³-hybridized carbons (Fsp3) is 0.471. The first-order valence-electron chi connectivity index (χ1n) is 7.87. The number of nitrogens with one attached hydrogen (secondary N) is 1. The number of hydrogen-bond donors (Lipinski definition) is 2. The third kappa shape index (κ3) is 5.63. The topological polar surface area (TPSA) is 127 Å². The minimum atomic E-state index is -4.26. The van der Waals surface area contributed by atoms with E-state index in [-0.39, 0.29) is 23.7 Å². The molecule has 144 valence electrons. The highest BCUT2D eigenvalue weighted by atomic mass is 32.2. The summed E-state index contributed by atoms with van der Waals surface area (Å²) in [5.41, 5.74) is 2.85. The highest BCUT2D eigenvalue weighted by molar-refractivity contribution is 7.85. The van der Waals surface area contributed by atoms with Crippen LogP contribution in [0, 0.1) is 20.8 Å². The molecule has 1 aromatic rings. The lowest BCUT2D eigenvalue weighted by molar-refractivity contribution is -0.116. The molecule has 2 N–H and O–H groups in total. The summed E-state index contributed by atoms with van der Waals surface area (Å²) in [6.45, 7) is 7.27. The molecule has 0 fully saturated rings. The van der Waals surface area contributed by atoms with Crippen molar-refractivity contribution in [3.63, 3.8) is 0 Å². The molecule has 0 heterocycles. The van der Waals surface area contributed by atoms with E-state index >= 15 is 0 Å². The van der Waals surface area contributed by atoms with Gasteiger partial charge in [0.1, 0.15) is 18.1 Å². The predicted molar refractivity (Wildman–Crippen MR) is 96.0 cm³/mol. The molecule has 0 bridgehead atoms. The van der Waals surface area contributed by atoms with E-state index in [2.05, 4.69) is 5.32 Å². The van der Waals surface area contributed by atoms with Crippen LogP contribution in [0.4, 0.5) is 5.69 Å². The van der Waals surface area contributed by atoms with Crippen LogP contribution in [0.3, 0.4) is 0 Å². The highest BCUT2D eigenvalue weighted by Gasteiger charge is 2.24. The van der Waals surface area contributed by atoms with Gasteiger partial charge in [-0.1, -0.05) is 0 Å². The molecule has 1 amide bonds. The Bertz CT molecular complexity index is 813. The number of ether oxygens (including phenoxy) is 1. The number of carbonyl (C=O) groups excluding carboxylic acids is 3. The largest absolute Gasteiger partial charge is 0.461 e. The molecule has 0 aliphatic carbocycles. The lowest BCUT2D eigenvalue weighted by Gasteiger charge is -2.21. The van der Waals surface area contributed by atoms with Crippen LogP contribution in [0.5, 0.6) is 0 Å². The molecular formula is C17H23NO7S. The molecule has 0 radical (unpaired) electrons. The van der Waals surface area contributed by atoms with Gasteiger partial charge in [0.15, 0.2) is 0 Å². The summed E-state index contributed by atoms with van der Waals surface area (Å²) < 4.78 is 35.2. The van der Waals surface area contributed by atoms with Crippen molar-refractivity contribution in [2.24, 2.45) is 0 Å². The summed E-state index contributed by atoms with van der Waals surface area (Å²) in [6, 6.07) is 0. The van der Waals surface area contributed by atoms with Crippen LogP contribution < -0.4 is 5.32 Å². The van der Waals surface area contributed by atoms with Crippen molar-refractivity contribution in [1.29, 1.82) is 0 Å². The number of rotatable bonds is 7. The van der Waals surface area contributed by atoms with Crippen LogP contribution in [0.1, 0.15) is 46.5 Å². The summed E-state index contributed by atoms with van der Waals surface area (Å²) in [7, 11) is -4.26. The van der Waals surface area contributed by atoms with E-state index in [4.69, 9.17) is 9.29 Å². The molecule has 1 rings (SSSR count). The zero-order valence-corrected chi connectivity index (χ0v) is 16.2. The average Bonchev–Trinajstić information content (AvgIpc) is 2.46. The van der Waals surface area contributed by atoms with E-state index in [1.807, 2.05) is 0 Å². The third-order valence-corrected chi connectivity index (χ3v) is 4.59. The van der Waals surface area contributed by atoms with Crippen molar-refractivity contribution in [3.05, 3.63) is 27.8 Å². The Morgan fingerprint density at radius 3 is 2.08 bits per heavy atom. The van der Waals surface area contributed by atoms with Gasteiger partial charge in [0.05, 0.1) is 5.56 Å². The lowest BCUT2D eigenvalue weighted by atomic mass is 9.89. The van der Waals surface area contributed by atoms with Crippen LogP contribution in [0.2, 0.25) is 0 Å². The normalized spacial score (nSPS) is 11.2. The van der Waals surface area contributed by atoms with Gasteiger partial charge >= 0.3 is 5.97 Å². The van der Waals surface area contributed by atoms with Crippen molar-refractivity contribution < 1.29 is 32.1 Å². The first-order valence-corrected chi connectivity index (χ1v) is 9.48. The number of anilines is 1. The molecule has 26 heavy (non-hydrogen) atoms. The molecule has 0 unspecified atom stereocenters. The van der Waals surface area contributed by atoms with Crippen molar-refractivity contribution in [1.82, 2.24) is 0 Å². The molecule has 8 nitrogen and oxygen atoms in total. The van der Waals surface area contributed by atoms with E-state index in [0.29, 0.717) is 27.9 Å². The zero-order valence-electron chi connectivity index (χ0n) is 15.4. The van der Waals surface area contributed by atoms with Gasteiger partial charge in [0.2, 0.25) is 5.91 Å². The molecular weight excluding hydrogens is 362 g/mol. The molecule has 9 heteroatoms. The van der Waals surface area contributed by atoms with Gasteiger partial charge in [-0.05, 0) is 49.9 Å². The van der Waals surface area contributed by atoms with Gasteiger partial charge in [-0.3, -0.25) is 14.1 Å². The molecule has 1 aromatic carbocycles. The number of ketones is 1. The quantitative estimate of drug-likeness (QED) is 0.541. The number of amides is 1. The van der Waals surface area contributed by atoms with Gasteiger partial charge in [0, 0.05) is 19.0 Å². The van der Waals surface area contributed by atoms with Crippen LogP contribution in [0.25, 0.3) is 0 Å². The van der Waals surface area contributed by atoms with Gasteiger partial charge in [-0.15, -0.1) is 0 Å². The van der Waals surface area contributed by atoms with Crippen molar-refractivity contribution >= 4 is 33.5 Å². The molecule has 0 saturated carbocycles. The standard InChI is InChI=1S/C17H23NO7S/c1-9(19)8-14-10(2)15(17(21)25-6-7-26(22,23)24)12(4)16(11(14)3)18-13(5)20/h6-8H2,1-5H3,(H,18,20)(H,22,23,24). The van der Waals surface area contributed by atoms with Crippen LogP contribution >= 0.6 is 0 Å². The van der Waals surface area contributed by atoms with Crippen LogP contribution in [-0.2, 0) is 30.9 Å². The number of carbonyl (C=O) groups is 3. The summed E-state index contributed by atoms with van der Waals surface area (Å²) in [4.78, 5) is 35.6. The number of hydrogen-bond acceptors (Lipinski definition) is 6. The molecule has 0 saturated heterocycles. The van der Waals surface area contributed by atoms with Crippen molar-refractivity contribution in [2.45, 2.75) is 41.0 Å². The second-order valence-corrected chi connectivity index (χ2v) is 7.66. The fourth-order valence-corrected chi connectivity index (χ4v) is 3.06. The Morgan fingerprint density at radius 1 is 1.04 bits per heavy atom. The Labute approximate surface area is 152 Å². The van der Waals surface area contributed by atoms with Gasteiger partial charge < -0.3 is 10.1 Å². The average molecular weight is 385 g/mol. The number of Topliss-reactive ketones (excluding diaryl/α,β-unsaturated/α-hetero) is 1. The SMILES string of the molecule is CC(=O)Cc1c(C)c(NC(C)=O)c(C)c(C(=O)OCCS(=O)(=O)O)c1C. The number of esters is 1. The third-order valence-electron chi connectivity index (χ3n) is 3.91. The second kappa shape index (κ2) is 8.41. The van der Waals surface area contributed by atoms with E-state index in [0.717, 1.165) is 0 Å². The molecule has 0 aliphatic heterocycles. The Kier molecular flexibility index (Phi) is 7.05. The van der Waals surface area contributed by atoms with Crippen LogP contribution in [0.15, 0.2) is 0 Å². The summed E-state index contributed by atoms with van der Waals surface area (Å²) in [6.07, 6.45) is 0.0792. The maximum Gasteiger partial charge on any atom is 0.338 e. The first-order chi connectivity index (χ1) is 11.8. The predicted octanol–water partition coefficient (Wildman–Crippen LogP) is 1.75. The maximum atomic E-state index is 12.5. The Morgan fingerprint density at radius 2 is 1.62 bits per heavy atom. The summed E-state index contributed by atoms with van der Waals surface area (Å²) in [5, 5.41) is 2.66. The van der Waals surface area contributed by atoms with Crippen molar-refractivity contribution in [2.75, 3.05) is 17.7 Å². The van der Waals surface area contributed by atoms with Gasteiger partial charge in [-0.25, -0.2) is 4.79 Å². The van der Waals surface area contributed by atoms with E-state index in [1.54, 1.807) is 20.8 Å². The number of benzene rings is 1. The van der Waals surface area contributed by atoms with Crippen LogP contribution in [-0.4, -0.2) is 43.0 Å². The summed E-state index contributed by atoms with van der Waals surface area (Å²) in [5.74, 6) is -1.96. The fourth-order valence-electron chi connectivity index (χ4n) is 2.77. The van der Waals surface area contributed by atoms with E-state index in [1.165, 1.54) is 13.8 Å². The van der Waals surface area contributed by atoms with Gasteiger partial charge in [0.25, 0.3) is 10.1 Å². The molecule has 0 atom stereocenters. The molecule has 0 aromatic heterocycles. The van der Waals surface area contributed by atoms with Gasteiger partial charge in [-0.2, -0.15) is 8.42 Å². The zero-order chi connectivity index (χ0) is 20.2. The monoisotopic (exact) mass is 385 g/mol. The minimum Gasteiger partial charge on any atom is -0.461 e. The summed E-state index contributed by atoms with van der Waals surface area (Å²) >= 11 is 0. The van der Waals surface area contributed by atoms with Crippen molar-refractivity contribution in [3.8, 4) is 0 Å². The maximum absolute atomic E-state index is 12.5. The van der Waals surface area contributed by atoms with E-state index in [9.17, 15) is 22.8 Å². The Hall–Kier alpha value is -2.26. The lowest BCUT2D eigenvalue weighted by Crippen LogP contribution is -2.20. The second-order valence-electron chi connectivity index (χ2n) is 6.09.